The highest BCUT2D eigenvalue weighted by Crippen LogP contribution is 2.38. The zero-order chi connectivity index (χ0) is 25.2. The van der Waals surface area contributed by atoms with Crippen LogP contribution in [0.25, 0.3) is 11.1 Å². The average molecular weight is 506 g/mol. The Morgan fingerprint density at radius 3 is 2.60 bits per heavy atom. The van der Waals surface area contributed by atoms with Gasteiger partial charge in [0.15, 0.2) is 17.3 Å². The van der Waals surface area contributed by atoms with Gasteiger partial charge in [0.05, 0.1) is 11.8 Å². The van der Waals surface area contributed by atoms with Crippen molar-refractivity contribution in [1.82, 2.24) is 5.32 Å². The van der Waals surface area contributed by atoms with Crippen LogP contribution >= 0.6 is 0 Å². The summed E-state index contributed by atoms with van der Waals surface area (Å²) >= 11 is 0. The van der Waals surface area contributed by atoms with Crippen molar-refractivity contribution < 1.29 is 31.4 Å². The molecule has 0 saturated carbocycles. The van der Waals surface area contributed by atoms with Crippen molar-refractivity contribution in [2.45, 2.75) is 26.4 Å². The largest absolute Gasteiger partial charge is 0.616 e. The van der Waals surface area contributed by atoms with E-state index >= 15 is 0 Å². The second-order valence-corrected chi connectivity index (χ2v) is 10.2. The minimum atomic E-state index is -3.57. The van der Waals surface area contributed by atoms with E-state index in [0.29, 0.717) is 34.2 Å². The Morgan fingerprint density at radius 1 is 1.14 bits per heavy atom. The molecular weight excluding hydrogens is 480 g/mol. The number of aryl methyl sites for hydroxylation is 1. The van der Waals surface area contributed by atoms with Gasteiger partial charge in [-0.3, -0.25) is 4.72 Å². The SMILES string of the molecule is CCS(=O)(=O)Nc1ccc(Oc2ccc(F)cc2F)c(-c2cc(C)[n+]([O-])c(O[C@H]3CCNC3)c2)c1. The molecule has 3 aromatic rings. The third-order valence-corrected chi connectivity index (χ3v) is 6.83. The standard InChI is InChI=1S/C24H25F2N3O5S/c1-3-35(31,32)28-18-5-7-22(34-23-6-4-17(25)12-21(23)26)20(13-18)16-10-15(2)29(30)24(11-16)33-19-8-9-27-14-19/h4-7,10-13,19,27-28H,3,8-9,14H2,1-2H3/t19-/m0/s1. The molecule has 1 saturated heterocycles. The van der Waals surface area contributed by atoms with Crippen LogP contribution in [0, 0.1) is 23.8 Å². The predicted molar refractivity (Wildman–Crippen MR) is 127 cm³/mol. The smallest absolute Gasteiger partial charge is 0.380 e. The molecule has 1 aliphatic rings. The summed E-state index contributed by atoms with van der Waals surface area (Å²) < 4.78 is 66.7. The molecule has 35 heavy (non-hydrogen) atoms. The maximum atomic E-state index is 14.3. The van der Waals surface area contributed by atoms with Gasteiger partial charge in [0.1, 0.15) is 17.7 Å². The van der Waals surface area contributed by atoms with Crippen molar-refractivity contribution in [3.05, 3.63) is 71.1 Å². The molecule has 0 unspecified atom stereocenters. The number of benzene rings is 2. The molecule has 186 valence electrons. The molecule has 0 amide bonds. The molecule has 2 N–H and O–H groups in total. The van der Waals surface area contributed by atoms with Gasteiger partial charge in [0.25, 0.3) is 0 Å². The number of nitrogens with one attached hydrogen (secondary N) is 2. The molecule has 1 aliphatic heterocycles. The fraction of sp³-hybridized carbons (Fsp3) is 0.292. The van der Waals surface area contributed by atoms with Crippen LogP contribution in [0.3, 0.4) is 0 Å². The molecule has 11 heteroatoms. The van der Waals surface area contributed by atoms with Crippen molar-refractivity contribution in [3.8, 4) is 28.5 Å². The summed E-state index contributed by atoms with van der Waals surface area (Å²) in [6.45, 7) is 4.51. The Morgan fingerprint density at radius 2 is 1.91 bits per heavy atom. The van der Waals surface area contributed by atoms with E-state index in [1.54, 1.807) is 13.0 Å². The van der Waals surface area contributed by atoms with Crippen molar-refractivity contribution in [2.24, 2.45) is 0 Å². The molecule has 8 nitrogen and oxygen atoms in total. The molecule has 1 atom stereocenters. The minimum absolute atomic E-state index is 0.0761. The lowest BCUT2D eigenvalue weighted by atomic mass is 10.0. The van der Waals surface area contributed by atoms with Crippen molar-refractivity contribution in [1.29, 1.82) is 0 Å². The lowest BCUT2D eigenvalue weighted by Gasteiger charge is -2.17. The first-order valence-electron chi connectivity index (χ1n) is 11.0. The van der Waals surface area contributed by atoms with Crippen molar-refractivity contribution in [2.75, 3.05) is 23.6 Å². The zero-order valence-corrected chi connectivity index (χ0v) is 20.0. The molecule has 0 radical (unpaired) electrons. The summed E-state index contributed by atoms with van der Waals surface area (Å²) in [4.78, 5) is 0. The van der Waals surface area contributed by atoms with Gasteiger partial charge in [-0.2, -0.15) is 0 Å². The number of aromatic nitrogens is 1. The first-order chi connectivity index (χ1) is 16.6. The number of halogens is 2. The third kappa shape index (κ3) is 5.80. The van der Waals surface area contributed by atoms with Crippen LogP contribution in [0.4, 0.5) is 14.5 Å². The van der Waals surface area contributed by atoms with E-state index in [0.717, 1.165) is 25.1 Å². The van der Waals surface area contributed by atoms with Crippen molar-refractivity contribution in [3.63, 3.8) is 0 Å². The lowest BCUT2D eigenvalue weighted by molar-refractivity contribution is -0.620. The normalized spacial score (nSPS) is 15.7. The quantitative estimate of drug-likeness (QED) is 0.356. The highest BCUT2D eigenvalue weighted by Gasteiger charge is 2.23. The number of rotatable bonds is 8. The average Bonchev–Trinajstić information content (AvgIpc) is 3.32. The molecule has 0 spiro atoms. The van der Waals surface area contributed by atoms with Crippen LogP contribution < -0.4 is 24.2 Å². The molecule has 4 rings (SSSR count). The Labute approximate surface area is 202 Å². The van der Waals surface area contributed by atoms with E-state index in [-0.39, 0.29) is 34.9 Å². The van der Waals surface area contributed by atoms with E-state index in [1.807, 2.05) is 0 Å². The summed E-state index contributed by atoms with van der Waals surface area (Å²) in [6, 6.07) is 10.5. The van der Waals surface area contributed by atoms with Gasteiger partial charge in [-0.1, -0.05) is 0 Å². The number of hydrogen-bond acceptors (Lipinski definition) is 6. The number of hydrogen-bond donors (Lipinski definition) is 2. The molecule has 2 heterocycles. The summed E-state index contributed by atoms with van der Waals surface area (Å²) in [5.74, 6) is -1.74. The van der Waals surface area contributed by atoms with Crippen LogP contribution in [0.5, 0.6) is 17.4 Å². The Bertz CT molecular complexity index is 1350. The number of sulfonamides is 1. The first-order valence-corrected chi connectivity index (χ1v) is 12.7. The number of ether oxygens (including phenoxy) is 2. The van der Waals surface area contributed by atoms with E-state index in [9.17, 15) is 22.4 Å². The minimum Gasteiger partial charge on any atom is -0.616 e. The molecule has 1 fully saturated rings. The van der Waals surface area contributed by atoms with E-state index in [4.69, 9.17) is 9.47 Å². The second-order valence-electron chi connectivity index (χ2n) is 8.14. The first kappa shape index (κ1) is 24.7. The summed E-state index contributed by atoms with van der Waals surface area (Å²) in [6.07, 6.45) is 0.576. The zero-order valence-electron chi connectivity index (χ0n) is 19.2. The number of pyridine rings is 1. The topological polar surface area (TPSA) is 104 Å². The van der Waals surface area contributed by atoms with E-state index in [1.165, 1.54) is 31.2 Å². The predicted octanol–water partition coefficient (Wildman–Crippen LogP) is 3.87. The maximum Gasteiger partial charge on any atom is 0.380 e. The van der Waals surface area contributed by atoms with E-state index < -0.39 is 21.7 Å². The van der Waals surface area contributed by atoms with Gasteiger partial charge >= 0.3 is 5.88 Å². The van der Waals surface area contributed by atoms with E-state index in [2.05, 4.69) is 10.0 Å². The maximum absolute atomic E-state index is 14.3. The third-order valence-electron chi connectivity index (χ3n) is 5.52. The summed E-state index contributed by atoms with van der Waals surface area (Å²) in [5, 5.41) is 15.8. The summed E-state index contributed by atoms with van der Waals surface area (Å²) in [7, 11) is -3.57. The Hall–Kier alpha value is -3.44. The van der Waals surface area contributed by atoms with Crippen LogP contribution in [0.1, 0.15) is 19.0 Å². The van der Waals surface area contributed by atoms with Gasteiger partial charge in [-0.15, -0.1) is 4.73 Å². The lowest BCUT2D eigenvalue weighted by Crippen LogP contribution is -2.35. The Balaban J connectivity index is 1.80. The monoisotopic (exact) mass is 505 g/mol. The van der Waals surface area contributed by atoms with Gasteiger partial charge in [0, 0.05) is 42.4 Å². The second kappa shape index (κ2) is 10.0. The van der Waals surface area contributed by atoms with Gasteiger partial charge in [-0.05, 0) is 50.2 Å². The van der Waals surface area contributed by atoms with Crippen LogP contribution in [0.2, 0.25) is 0 Å². The van der Waals surface area contributed by atoms with Gasteiger partial charge in [-0.25, -0.2) is 17.2 Å². The fourth-order valence-corrected chi connectivity index (χ4v) is 4.29. The van der Waals surface area contributed by atoms with Crippen molar-refractivity contribution >= 4 is 15.7 Å². The molecule has 0 bridgehead atoms. The van der Waals surface area contributed by atoms with Crippen LogP contribution in [-0.2, 0) is 10.0 Å². The van der Waals surface area contributed by atoms with Gasteiger partial charge in [0.2, 0.25) is 10.0 Å². The number of anilines is 1. The molecule has 2 aromatic carbocycles. The van der Waals surface area contributed by atoms with Crippen LogP contribution in [0.15, 0.2) is 48.5 Å². The highest BCUT2D eigenvalue weighted by atomic mass is 32.2. The van der Waals surface area contributed by atoms with Crippen LogP contribution in [-0.4, -0.2) is 33.4 Å². The highest BCUT2D eigenvalue weighted by molar-refractivity contribution is 7.92. The molecular formula is C24H25F2N3O5S. The molecule has 1 aromatic heterocycles. The summed E-state index contributed by atoms with van der Waals surface area (Å²) in [5.41, 5.74) is 1.46. The fourth-order valence-electron chi connectivity index (χ4n) is 3.66. The number of nitrogens with zero attached hydrogens (tertiary/aromatic N) is 1. The van der Waals surface area contributed by atoms with Gasteiger partial charge < -0.3 is 20.0 Å². The molecule has 0 aliphatic carbocycles. The Kier molecular flexibility index (Phi) is 7.08.